The van der Waals surface area contributed by atoms with Gasteiger partial charge in [-0.25, -0.2) is 0 Å². The summed E-state index contributed by atoms with van der Waals surface area (Å²) < 4.78 is 0. The highest BCUT2D eigenvalue weighted by atomic mass is 15.1. The molecule has 1 aromatic heterocycles. The minimum atomic E-state index is 1.06. The number of pyridine rings is 1. The molecular formula is C10H17N3. The molecule has 72 valence electrons. The van der Waals surface area contributed by atoms with Crippen LogP contribution in [-0.4, -0.2) is 32.2 Å². The third-order valence-corrected chi connectivity index (χ3v) is 2.01. The molecule has 0 aromatic carbocycles. The molecule has 1 N–H and O–H groups in total. The number of nitrogens with zero attached hydrogens (tertiary/aromatic N) is 2. The Morgan fingerprint density at radius 3 is 3.00 bits per heavy atom. The standard InChI is InChI=1S/C10H17N3/c1-11-6-4-8-13(2)10-5-3-7-12-9-10/h3,5,7,9,11H,4,6,8H2,1-2H3. The van der Waals surface area contributed by atoms with E-state index in [2.05, 4.69) is 28.3 Å². The number of nitrogens with one attached hydrogen (secondary N) is 1. The summed E-state index contributed by atoms with van der Waals surface area (Å²) in [4.78, 5) is 6.29. The number of hydrogen-bond acceptors (Lipinski definition) is 3. The molecule has 0 atom stereocenters. The summed E-state index contributed by atoms with van der Waals surface area (Å²) in [6.07, 6.45) is 4.84. The van der Waals surface area contributed by atoms with Crippen molar-refractivity contribution in [2.24, 2.45) is 0 Å². The average molecular weight is 179 g/mol. The molecule has 0 spiro atoms. The lowest BCUT2D eigenvalue weighted by molar-refractivity contribution is 0.712. The van der Waals surface area contributed by atoms with Crippen LogP contribution in [0.4, 0.5) is 5.69 Å². The van der Waals surface area contributed by atoms with Gasteiger partial charge in [-0.15, -0.1) is 0 Å². The molecule has 13 heavy (non-hydrogen) atoms. The van der Waals surface area contributed by atoms with E-state index in [1.165, 1.54) is 5.69 Å². The summed E-state index contributed by atoms with van der Waals surface area (Å²) in [5, 5.41) is 3.13. The van der Waals surface area contributed by atoms with Crippen LogP contribution in [0.5, 0.6) is 0 Å². The van der Waals surface area contributed by atoms with Gasteiger partial charge in [-0.3, -0.25) is 4.98 Å². The largest absolute Gasteiger partial charge is 0.373 e. The van der Waals surface area contributed by atoms with Crippen LogP contribution < -0.4 is 10.2 Å². The fourth-order valence-electron chi connectivity index (χ4n) is 1.20. The van der Waals surface area contributed by atoms with Crippen molar-refractivity contribution in [2.75, 3.05) is 32.1 Å². The van der Waals surface area contributed by atoms with Gasteiger partial charge in [-0.2, -0.15) is 0 Å². The highest BCUT2D eigenvalue weighted by molar-refractivity contribution is 5.42. The normalized spacial score (nSPS) is 10.0. The lowest BCUT2D eigenvalue weighted by Crippen LogP contribution is -2.22. The summed E-state index contributed by atoms with van der Waals surface area (Å²) in [7, 11) is 4.07. The van der Waals surface area contributed by atoms with Crippen LogP contribution in [0.15, 0.2) is 24.5 Å². The smallest absolute Gasteiger partial charge is 0.0550 e. The number of aromatic nitrogens is 1. The fourth-order valence-corrected chi connectivity index (χ4v) is 1.20. The minimum absolute atomic E-state index is 1.06. The molecule has 3 heteroatoms. The van der Waals surface area contributed by atoms with Crippen molar-refractivity contribution >= 4 is 5.69 Å². The summed E-state index contributed by atoms with van der Waals surface area (Å²) in [5.74, 6) is 0. The molecule has 0 aliphatic heterocycles. The van der Waals surface area contributed by atoms with E-state index < -0.39 is 0 Å². The lowest BCUT2D eigenvalue weighted by Gasteiger charge is -2.18. The predicted molar refractivity (Wildman–Crippen MR) is 56.1 cm³/mol. The van der Waals surface area contributed by atoms with Crippen LogP contribution in [0, 0.1) is 0 Å². The Hall–Kier alpha value is -1.09. The van der Waals surface area contributed by atoms with Crippen molar-refractivity contribution in [3.8, 4) is 0 Å². The second-order valence-corrected chi connectivity index (χ2v) is 3.09. The quantitative estimate of drug-likeness (QED) is 0.687. The van der Waals surface area contributed by atoms with E-state index in [0.29, 0.717) is 0 Å². The van der Waals surface area contributed by atoms with Crippen LogP contribution in [-0.2, 0) is 0 Å². The van der Waals surface area contributed by atoms with Gasteiger partial charge in [0.2, 0.25) is 0 Å². The monoisotopic (exact) mass is 179 g/mol. The molecule has 0 aliphatic carbocycles. The molecule has 3 nitrogen and oxygen atoms in total. The molecule has 1 aromatic rings. The van der Waals surface area contributed by atoms with Gasteiger partial charge in [0.25, 0.3) is 0 Å². The highest BCUT2D eigenvalue weighted by Gasteiger charge is 1.98. The molecule has 0 amide bonds. The van der Waals surface area contributed by atoms with Crippen molar-refractivity contribution in [3.63, 3.8) is 0 Å². The summed E-state index contributed by atoms with van der Waals surface area (Å²) in [6, 6.07) is 4.04. The third kappa shape index (κ3) is 3.42. The van der Waals surface area contributed by atoms with Gasteiger partial charge >= 0.3 is 0 Å². The molecular weight excluding hydrogens is 162 g/mol. The Labute approximate surface area is 79.8 Å². The van der Waals surface area contributed by atoms with Gasteiger partial charge < -0.3 is 10.2 Å². The first-order chi connectivity index (χ1) is 6.34. The maximum Gasteiger partial charge on any atom is 0.0550 e. The van der Waals surface area contributed by atoms with Gasteiger partial charge in [0.15, 0.2) is 0 Å². The first kappa shape index (κ1) is 9.99. The fraction of sp³-hybridized carbons (Fsp3) is 0.500. The van der Waals surface area contributed by atoms with Crippen molar-refractivity contribution in [1.82, 2.24) is 10.3 Å². The third-order valence-electron chi connectivity index (χ3n) is 2.01. The summed E-state index contributed by atoms with van der Waals surface area (Å²) >= 11 is 0. The van der Waals surface area contributed by atoms with Gasteiger partial charge in [0.1, 0.15) is 0 Å². The minimum Gasteiger partial charge on any atom is -0.373 e. The van der Waals surface area contributed by atoms with E-state index in [1.807, 2.05) is 19.3 Å². The Kier molecular flexibility index (Phi) is 4.26. The van der Waals surface area contributed by atoms with Gasteiger partial charge in [-0.1, -0.05) is 0 Å². The average Bonchev–Trinajstić information content (AvgIpc) is 2.19. The molecule has 0 saturated carbocycles. The second-order valence-electron chi connectivity index (χ2n) is 3.09. The van der Waals surface area contributed by atoms with Crippen LogP contribution in [0.3, 0.4) is 0 Å². The molecule has 0 saturated heterocycles. The van der Waals surface area contributed by atoms with E-state index in [9.17, 15) is 0 Å². The van der Waals surface area contributed by atoms with Crippen LogP contribution in [0.2, 0.25) is 0 Å². The zero-order valence-electron chi connectivity index (χ0n) is 8.33. The van der Waals surface area contributed by atoms with Crippen molar-refractivity contribution < 1.29 is 0 Å². The molecule has 0 radical (unpaired) electrons. The van der Waals surface area contributed by atoms with E-state index in [4.69, 9.17) is 0 Å². The maximum atomic E-state index is 4.08. The topological polar surface area (TPSA) is 28.2 Å². The lowest BCUT2D eigenvalue weighted by atomic mass is 10.3. The van der Waals surface area contributed by atoms with Crippen LogP contribution >= 0.6 is 0 Å². The van der Waals surface area contributed by atoms with Crippen molar-refractivity contribution in [1.29, 1.82) is 0 Å². The Morgan fingerprint density at radius 2 is 2.38 bits per heavy atom. The van der Waals surface area contributed by atoms with Gasteiger partial charge in [0.05, 0.1) is 11.9 Å². The van der Waals surface area contributed by atoms with Crippen LogP contribution in [0.1, 0.15) is 6.42 Å². The first-order valence-electron chi connectivity index (χ1n) is 4.60. The van der Waals surface area contributed by atoms with Crippen molar-refractivity contribution in [3.05, 3.63) is 24.5 Å². The highest BCUT2D eigenvalue weighted by Crippen LogP contribution is 2.08. The Balaban J connectivity index is 2.35. The number of hydrogen-bond donors (Lipinski definition) is 1. The summed E-state index contributed by atoms with van der Waals surface area (Å²) in [5.41, 5.74) is 1.18. The first-order valence-corrected chi connectivity index (χ1v) is 4.60. The van der Waals surface area contributed by atoms with Crippen molar-refractivity contribution in [2.45, 2.75) is 6.42 Å². The predicted octanol–water partition coefficient (Wildman–Crippen LogP) is 1.13. The molecule has 1 heterocycles. The van der Waals surface area contributed by atoms with E-state index >= 15 is 0 Å². The molecule has 0 aliphatic rings. The molecule has 1 rings (SSSR count). The van der Waals surface area contributed by atoms with Gasteiger partial charge in [0, 0.05) is 19.8 Å². The molecule has 0 bridgehead atoms. The van der Waals surface area contributed by atoms with Gasteiger partial charge in [-0.05, 0) is 32.1 Å². The van der Waals surface area contributed by atoms with Crippen LogP contribution in [0.25, 0.3) is 0 Å². The molecule has 0 fully saturated rings. The SMILES string of the molecule is CNCCCN(C)c1cccnc1. The number of rotatable bonds is 5. The Bertz CT molecular complexity index is 223. The number of anilines is 1. The Morgan fingerprint density at radius 1 is 1.54 bits per heavy atom. The van der Waals surface area contributed by atoms with E-state index in [1.54, 1.807) is 6.20 Å². The zero-order chi connectivity index (χ0) is 9.52. The van der Waals surface area contributed by atoms with E-state index in [0.717, 1.165) is 19.5 Å². The zero-order valence-corrected chi connectivity index (χ0v) is 8.33. The maximum absolute atomic E-state index is 4.08. The second kappa shape index (κ2) is 5.54. The summed E-state index contributed by atoms with van der Waals surface area (Å²) in [6.45, 7) is 2.12. The molecule has 0 unspecified atom stereocenters. The van der Waals surface area contributed by atoms with E-state index in [-0.39, 0.29) is 0 Å².